The molecular weight excluding hydrogens is 248 g/mol. The molecular formula is C13H20N2O4. The number of hydrogen-bond donors (Lipinski definition) is 3. The summed E-state index contributed by atoms with van der Waals surface area (Å²) < 4.78 is 0. The average Bonchev–Trinajstić information content (AvgIpc) is 2.65. The van der Waals surface area contributed by atoms with Crippen molar-refractivity contribution in [2.45, 2.75) is 57.0 Å². The van der Waals surface area contributed by atoms with E-state index in [4.69, 9.17) is 0 Å². The van der Waals surface area contributed by atoms with E-state index in [1.54, 1.807) is 0 Å². The highest BCUT2D eigenvalue weighted by molar-refractivity contribution is 5.91. The minimum Gasteiger partial charge on any atom is -0.481 e. The molecule has 0 aromatic carbocycles. The van der Waals surface area contributed by atoms with Crippen LogP contribution in [0.3, 0.4) is 0 Å². The summed E-state index contributed by atoms with van der Waals surface area (Å²) >= 11 is 0. The molecule has 106 valence electrons. The van der Waals surface area contributed by atoms with Gasteiger partial charge in [-0.2, -0.15) is 0 Å². The maximum atomic E-state index is 12.0. The number of carboxylic acids is 1. The zero-order chi connectivity index (χ0) is 13.8. The molecule has 1 aliphatic carbocycles. The van der Waals surface area contributed by atoms with Crippen molar-refractivity contribution in [3.05, 3.63) is 0 Å². The molecule has 1 saturated heterocycles. The first-order chi connectivity index (χ1) is 9.08. The Labute approximate surface area is 111 Å². The van der Waals surface area contributed by atoms with Crippen LogP contribution in [0, 0.1) is 5.92 Å². The number of rotatable bonds is 3. The zero-order valence-electron chi connectivity index (χ0n) is 10.9. The SMILES string of the molecule is O=C1CC[C@H](C(=O)NC2CCCCCC2C(=O)O)N1. The third kappa shape index (κ3) is 3.45. The molecule has 1 aliphatic heterocycles. The molecule has 2 amide bonds. The van der Waals surface area contributed by atoms with Crippen LogP contribution in [0.2, 0.25) is 0 Å². The second kappa shape index (κ2) is 6.04. The van der Waals surface area contributed by atoms with Crippen LogP contribution >= 0.6 is 0 Å². The van der Waals surface area contributed by atoms with Crippen molar-refractivity contribution in [3.8, 4) is 0 Å². The number of hydrogen-bond acceptors (Lipinski definition) is 3. The second-order valence-electron chi connectivity index (χ2n) is 5.36. The van der Waals surface area contributed by atoms with Gasteiger partial charge in [-0.3, -0.25) is 14.4 Å². The molecule has 0 spiro atoms. The van der Waals surface area contributed by atoms with Gasteiger partial charge < -0.3 is 15.7 Å². The lowest BCUT2D eigenvalue weighted by atomic mass is 9.94. The van der Waals surface area contributed by atoms with Gasteiger partial charge in [-0.15, -0.1) is 0 Å². The second-order valence-corrected chi connectivity index (χ2v) is 5.36. The average molecular weight is 268 g/mol. The molecule has 19 heavy (non-hydrogen) atoms. The third-order valence-electron chi connectivity index (χ3n) is 3.97. The van der Waals surface area contributed by atoms with Gasteiger partial charge >= 0.3 is 5.97 Å². The molecule has 1 heterocycles. The minimum atomic E-state index is -0.845. The molecule has 0 radical (unpaired) electrons. The normalized spacial score (nSPS) is 31.4. The lowest BCUT2D eigenvalue weighted by molar-refractivity contribution is -0.143. The van der Waals surface area contributed by atoms with Crippen molar-refractivity contribution in [3.63, 3.8) is 0 Å². The van der Waals surface area contributed by atoms with Crippen LogP contribution in [-0.2, 0) is 14.4 Å². The van der Waals surface area contributed by atoms with E-state index in [1.807, 2.05) is 0 Å². The van der Waals surface area contributed by atoms with Crippen molar-refractivity contribution >= 4 is 17.8 Å². The molecule has 6 nitrogen and oxygen atoms in total. The topological polar surface area (TPSA) is 95.5 Å². The summed E-state index contributed by atoms with van der Waals surface area (Å²) in [5.74, 6) is -1.72. The fourth-order valence-corrected chi connectivity index (χ4v) is 2.87. The van der Waals surface area contributed by atoms with E-state index in [2.05, 4.69) is 10.6 Å². The molecule has 2 rings (SSSR count). The Bertz CT molecular complexity index is 383. The Morgan fingerprint density at radius 3 is 2.53 bits per heavy atom. The summed E-state index contributed by atoms with van der Waals surface area (Å²) in [6, 6.07) is -0.810. The smallest absolute Gasteiger partial charge is 0.308 e. The number of carbonyl (C=O) groups is 3. The van der Waals surface area contributed by atoms with E-state index in [9.17, 15) is 19.5 Å². The summed E-state index contributed by atoms with van der Waals surface area (Å²) in [7, 11) is 0. The largest absolute Gasteiger partial charge is 0.481 e. The first kappa shape index (κ1) is 13.8. The molecule has 1 saturated carbocycles. The van der Waals surface area contributed by atoms with E-state index < -0.39 is 17.9 Å². The molecule has 6 heteroatoms. The van der Waals surface area contributed by atoms with Gasteiger partial charge in [0, 0.05) is 12.5 Å². The van der Waals surface area contributed by atoms with Crippen molar-refractivity contribution < 1.29 is 19.5 Å². The van der Waals surface area contributed by atoms with Gasteiger partial charge in [0.25, 0.3) is 0 Å². The summed E-state index contributed by atoms with van der Waals surface area (Å²) in [6.07, 6.45) is 5.01. The number of amides is 2. The highest BCUT2D eigenvalue weighted by atomic mass is 16.4. The highest BCUT2D eigenvalue weighted by Gasteiger charge is 2.34. The maximum absolute atomic E-state index is 12.0. The van der Waals surface area contributed by atoms with Crippen LogP contribution < -0.4 is 10.6 Å². The molecule has 3 atom stereocenters. The molecule has 2 fully saturated rings. The number of nitrogens with one attached hydrogen (secondary N) is 2. The van der Waals surface area contributed by atoms with E-state index in [0.717, 1.165) is 19.3 Å². The number of carboxylic acid groups (broad SMARTS) is 1. The van der Waals surface area contributed by atoms with Gasteiger partial charge in [0.1, 0.15) is 6.04 Å². The van der Waals surface area contributed by atoms with Crippen molar-refractivity contribution in [2.75, 3.05) is 0 Å². The van der Waals surface area contributed by atoms with Gasteiger partial charge in [-0.05, 0) is 19.3 Å². The van der Waals surface area contributed by atoms with Gasteiger partial charge in [0.2, 0.25) is 11.8 Å². The Hall–Kier alpha value is -1.59. The molecule has 0 bridgehead atoms. The predicted molar refractivity (Wildman–Crippen MR) is 67.3 cm³/mol. The summed E-state index contributed by atoms with van der Waals surface area (Å²) in [5, 5.41) is 14.7. The van der Waals surface area contributed by atoms with Crippen LogP contribution in [-0.4, -0.2) is 35.0 Å². The minimum absolute atomic E-state index is 0.115. The highest BCUT2D eigenvalue weighted by Crippen LogP contribution is 2.24. The van der Waals surface area contributed by atoms with Gasteiger partial charge in [0.15, 0.2) is 0 Å². The quantitative estimate of drug-likeness (QED) is 0.646. The van der Waals surface area contributed by atoms with E-state index in [-0.39, 0.29) is 17.9 Å². The Kier molecular flexibility index (Phi) is 4.39. The predicted octanol–water partition coefficient (Wildman–Crippen LogP) is 0.415. The van der Waals surface area contributed by atoms with Crippen LogP contribution in [0.25, 0.3) is 0 Å². The van der Waals surface area contributed by atoms with Crippen molar-refractivity contribution in [1.82, 2.24) is 10.6 Å². The Morgan fingerprint density at radius 2 is 1.89 bits per heavy atom. The Balaban J connectivity index is 1.96. The molecule has 0 aromatic rings. The molecule has 0 aromatic heterocycles. The lowest BCUT2D eigenvalue weighted by Crippen LogP contribution is -2.49. The first-order valence-electron chi connectivity index (χ1n) is 6.90. The van der Waals surface area contributed by atoms with Crippen LogP contribution in [0.4, 0.5) is 0 Å². The molecule has 2 aliphatic rings. The standard InChI is InChI=1S/C13H20N2O4/c16-11-7-6-10(14-11)12(17)15-9-5-3-1-2-4-8(9)13(18)19/h8-10H,1-7H2,(H,14,16)(H,15,17)(H,18,19)/t8?,9?,10-/m1/s1. The molecule has 3 N–H and O–H groups in total. The monoisotopic (exact) mass is 268 g/mol. The Morgan fingerprint density at radius 1 is 1.16 bits per heavy atom. The van der Waals surface area contributed by atoms with Crippen molar-refractivity contribution in [1.29, 1.82) is 0 Å². The van der Waals surface area contributed by atoms with Gasteiger partial charge in [-0.25, -0.2) is 0 Å². The van der Waals surface area contributed by atoms with Crippen LogP contribution in [0.5, 0.6) is 0 Å². The summed E-state index contributed by atoms with van der Waals surface area (Å²) in [5.41, 5.74) is 0. The maximum Gasteiger partial charge on any atom is 0.308 e. The zero-order valence-corrected chi connectivity index (χ0v) is 10.9. The number of carbonyl (C=O) groups excluding carboxylic acids is 2. The van der Waals surface area contributed by atoms with Gasteiger partial charge in [0.05, 0.1) is 5.92 Å². The summed E-state index contributed by atoms with van der Waals surface area (Å²) in [6.45, 7) is 0. The fraction of sp³-hybridized carbons (Fsp3) is 0.769. The fourth-order valence-electron chi connectivity index (χ4n) is 2.87. The van der Waals surface area contributed by atoms with Crippen LogP contribution in [0.1, 0.15) is 44.9 Å². The van der Waals surface area contributed by atoms with Crippen molar-refractivity contribution in [2.24, 2.45) is 5.92 Å². The van der Waals surface area contributed by atoms with E-state index >= 15 is 0 Å². The number of aliphatic carboxylic acids is 1. The van der Waals surface area contributed by atoms with E-state index in [0.29, 0.717) is 25.7 Å². The lowest BCUT2D eigenvalue weighted by Gasteiger charge is -2.24. The summed E-state index contributed by atoms with van der Waals surface area (Å²) in [4.78, 5) is 34.4. The van der Waals surface area contributed by atoms with E-state index in [1.165, 1.54) is 0 Å². The molecule has 2 unspecified atom stereocenters. The van der Waals surface area contributed by atoms with Crippen LogP contribution in [0.15, 0.2) is 0 Å². The third-order valence-corrected chi connectivity index (χ3v) is 3.97. The van der Waals surface area contributed by atoms with Gasteiger partial charge in [-0.1, -0.05) is 19.3 Å². The first-order valence-corrected chi connectivity index (χ1v) is 6.90.